The molecule has 7 heteroatoms. The summed E-state index contributed by atoms with van der Waals surface area (Å²) in [5, 5.41) is 3.37. The lowest BCUT2D eigenvalue weighted by Crippen LogP contribution is -2.42. The summed E-state index contributed by atoms with van der Waals surface area (Å²) in [5.41, 5.74) is 1.85. The van der Waals surface area contributed by atoms with Gasteiger partial charge in [-0.05, 0) is 52.4 Å². The Morgan fingerprint density at radius 2 is 1.78 bits per heavy atom. The van der Waals surface area contributed by atoms with E-state index in [1.807, 2.05) is 30.3 Å². The minimum absolute atomic E-state index is 0.308. The highest BCUT2D eigenvalue weighted by atomic mass is 32.2. The fourth-order valence-corrected chi connectivity index (χ4v) is 4.10. The summed E-state index contributed by atoms with van der Waals surface area (Å²) in [4.78, 5) is 4.52. The molecule has 3 rings (SSSR count). The summed E-state index contributed by atoms with van der Waals surface area (Å²) in [5.74, 6) is 0.379. The van der Waals surface area contributed by atoms with E-state index in [2.05, 4.69) is 15.0 Å². The van der Waals surface area contributed by atoms with E-state index in [0.29, 0.717) is 24.5 Å². The van der Waals surface area contributed by atoms with Crippen LogP contribution in [-0.4, -0.2) is 30.7 Å². The SMILES string of the molecule is CC(C)(C)S(=O)(=O)NC[C@H]1CC[C@H](Nc2nc(-c3ccccc3)co2)CC1. The summed E-state index contributed by atoms with van der Waals surface area (Å²) < 4.78 is 31.9. The Hall–Kier alpha value is -1.86. The molecule has 1 aliphatic rings. The van der Waals surface area contributed by atoms with Crippen LogP contribution in [0, 0.1) is 5.92 Å². The molecule has 1 fully saturated rings. The fraction of sp³-hybridized carbons (Fsp3) is 0.550. The lowest BCUT2D eigenvalue weighted by molar-refractivity contribution is 0.333. The average molecular weight is 392 g/mol. The van der Waals surface area contributed by atoms with Crippen LogP contribution in [-0.2, 0) is 10.0 Å². The van der Waals surface area contributed by atoms with E-state index >= 15 is 0 Å². The Balaban J connectivity index is 1.47. The molecule has 2 N–H and O–H groups in total. The van der Waals surface area contributed by atoms with E-state index in [1.54, 1.807) is 27.0 Å². The Morgan fingerprint density at radius 1 is 1.11 bits per heavy atom. The van der Waals surface area contributed by atoms with Crippen molar-refractivity contribution in [1.29, 1.82) is 0 Å². The largest absolute Gasteiger partial charge is 0.432 e. The number of hydrogen-bond donors (Lipinski definition) is 2. The van der Waals surface area contributed by atoms with Crippen LogP contribution < -0.4 is 10.0 Å². The van der Waals surface area contributed by atoms with Crippen LogP contribution in [0.1, 0.15) is 46.5 Å². The van der Waals surface area contributed by atoms with Gasteiger partial charge >= 0.3 is 0 Å². The highest BCUT2D eigenvalue weighted by Gasteiger charge is 2.30. The van der Waals surface area contributed by atoms with Gasteiger partial charge in [-0.15, -0.1) is 0 Å². The number of nitrogens with one attached hydrogen (secondary N) is 2. The molecule has 0 aliphatic heterocycles. The van der Waals surface area contributed by atoms with Crippen LogP contribution in [0.4, 0.5) is 6.01 Å². The molecule has 2 aromatic rings. The molecule has 6 nitrogen and oxygen atoms in total. The summed E-state index contributed by atoms with van der Waals surface area (Å²) in [6, 6.07) is 10.8. The zero-order valence-corrected chi connectivity index (χ0v) is 17.1. The van der Waals surface area contributed by atoms with Crippen LogP contribution in [0.25, 0.3) is 11.3 Å². The summed E-state index contributed by atoms with van der Waals surface area (Å²) in [6.07, 6.45) is 5.59. The minimum atomic E-state index is -3.27. The van der Waals surface area contributed by atoms with Crippen LogP contribution >= 0.6 is 0 Å². The maximum atomic E-state index is 12.2. The Kier molecular flexibility index (Phi) is 5.91. The smallest absolute Gasteiger partial charge is 0.295 e. The van der Waals surface area contributed by atoms with Crippen molar-refractivity contribution in [3.05, 3.63) is 36.6 Å². The molecule has 1 saturated carbocycles. The van der Waals surface area contributed by atoms with Crippen molar-refractivity contribution in [1.82, 2.24) is 9.71 Å². The van der Waals surface area contributed by atoms with Crippen molar-refractivity contribution < 1.29 is 12.8 Å². The van der Waals surface area contributed by atoms with Crippen molar-refractivity contribution in [2.24, 2.45) is 5.92 Å². The molecule has 0 spiro atoms. The van der Waals surface area contributed by atoms with Gasteiger partial charge in [-0.3, -0.25) is 0 Å². The van der Waals surface area contributed by atoms with Gasteiger partial charge in [0.15, 0.2) is 0 Å². The van der Waals surface area contributed by atoms with Crippen LogP contribution in [0.15, 0.2) is 41.0 Å². The molecular formula is C20H29N3O3S. The minimum Gasteiger partial charge on any atom is -0.432 e. The number of oxazole rings is 1. The first-order valence-electron chi connectivity index (χ1n) is 9.51. The van der Waals surface area contributed by atoms with Crippen molar-refractivity contribution in [3.63, 3.8) is 0 Å². The number of nitrogens with zero attached hydrogens (tertiary/aromatic N) is 1. The highest BCUT2D eigenvalue weighted by Crippen LogP contribution is 2.28. The van der Waals surface area contributed by atoms with Crippen LogP contribution in [0.2, 0.25) is 0 Å². The van der Waals surface area contributed by atoms with Gasteiger partial charge in [0.25, 0.3) is 6.01 Å². The van der Waals surface area contributed by atoms with Gasteiger partial charge in [0, 0.05) is 18.2 Å². The molecule has 1 aliphatic carbocycles. The van der Waals surface area contributed by atoms with Gasteiger partial charge in [-0.1, -0.05) is 30.3 Å². The molecule has 1 aromatic heterocycles. The topological polar surface area (TPSA) is 84.2 Å². The quantitative estimate of drug-likeness (QED) is 0.777. The van der Waals surface area contributed by atoms with Gasteiger partial charge in [-0.2, -0.15) is 4.98 Å². The van der Waals surface area contributed by atoms with E-state index in [0.717, 1.165) is 36.9 Å². The van der Waals surface area contributed by atoms with E-state index in [9.17, 15) is 8.42 Å². The maximum absolute atomic E-state index is 12.2. The van der Waals surface area contributed by atoms with E-state index in [4.69, 9.17) is 4.42 Å². The van der Waals surface area contributed by atoms with E-state index in [-0.39, 0.29) is 0 Å². The molecule has 0 radical (unpaired) electrons. The Bertz CT molecular complexity index is 833. The third-order valence-corrected chi connectivity index (χ3v) is 7.28. The number of aromatic nitrogens is 1. The zero-order chi connectivity index (χ0) is 19.5. The van der Waals surface area contributed by atoms with Crippen molar-refractivity contribution in [3.8, 4) is 11.3 Å². The maximum Gasteiger partial charge on any atom is 0.295 e. The Labute approximate surface area is 161 Å². The lowest BCUT2D eigenvalue weighted by Gasteiger charge is -2.29. The van der Waals surface area contributed by atoms with Crippen molar-refractivity contribution in [2.75, 3.05) is 11.9 Å². The number of sulfonamides is 1. The normalized spacial score (nSPS) is 21.1. The number of benzene rings is 1. The number of rotatable bonds is 6. The monoisotopic (exact) mass is 391 g/mol. The molecule has 0 unspecified atom stereocenters. The second kappa shape index (κ2) is 8.02. The molecule has 1 aromatic carbocycles. The first-order chi connectivity index (χ1) is 12.7. The second-order valence-corrected chi connectivity index (χ2v) is 10.8. The zero-order valence-electron chi connectivity index (χ0n) is 16.2. The summed E-state index contributed by atoms with van der Waals surface area (Å²) in [6.45, 7) is 5.67. The molecule has 27 heavy (non-hydrogen) atoms. The fourth-order valence-electron chi connectivity index (χ4n) is 3.21. The molecule has 1 heterocycles. The Morgan fingerprint density at radius 3 is 2.41 bits per heavy atom. The lowest BCUT2D eigenvalue weighted by atomic mass is 9.86. The van der Waals surface area contributed by atoms with E-state index < -0.39 is 14.8 Å². The number of anilines is 1. The average Bonchev–Trinajstić information content (AvgIpc) is 3.09. The first kappa shape index (κ1) is 19.9. The van der Waals surface area contributed by atoms with Gasteiger partial charge in [0.05, 0.1) is 4.75 Å². The first-order valence-corrected chi connectivity index (χ1v) is 11.0. The van der Waals surface area contributed by atoms with Gasteiger partial charge in [0.1, 0.15) is 12.0 Å². The molecule has 0 bridgehead atoms. The third-order valence-electron chi connectivity index (χ3n) is 5.12. The third kappa shape index (κ3) is 5.11. The molecule has 0 saturated heterocycles. The molecule has 0 amide bonds. The second-order valence-electron chi connectivity index (χ2n) is 8.23. The van der Waals surface area contributed by atoms with E-state index in [1.165, 1.54) is 0 Å². The molecule has 0 atom stereocenters. The summed E-state index contributed by atoms with van der Waals surface area (Å²) in [7, 11) is -3.27. The van der Waals surface area contributed by atoms with Crippen LogP contribution in [0.3, 0.4) is 0 Å². The van der Waals surface area contributed by atoms with Gasteiger partial charge < -0.3 is 9.73 Å². The van der Waals surface area contributed by atoms with Crippen LogP contribution in [0.5, 0.6) is 0 Å². The van der Waals surface area contributed by atoms with Crippen molar-refractivity contribution >= 4 is 16.0 Å². The standard InChI is InChI=1S/C20H29N3O3S/c1-20(2,3)27(24,25)21-13-15-9-11-17(12-10-15)22-19-23-18(14-26-19)16-7-5-4-6-8-16/h4-8,14-15,17,21H,9-13H2,1-3H3,(H,22,23)/t15-,17-. The van der Waals surface area contributed by atoms with Gasteiger partial charge in [0.2, 0.25) is 10.0 Å². The van der Waals surface area contributed by atoms with Gasteiger partial charge in [-0.25, -0.2) is 13.1 Å². The summed E-state index contributed by atoms with van der Waals surface area (Å²) >= 11 is 0. The molecule has 148 valence electrons. The predicted octanol–water partition coefficient (Wildman–Crippen LogP) is 4.03. The number of hydrogen-bond acceptors (Lipinski definition) is 5. The highest BCUT2D eigenvalue weighted by molar-refractivity contribution is 7.90. The molecular weight excluding hydrogens is 362 g/mol. The predicted molar refractivity (Wildman–Crippen MR) is 108 cm³/mol. The van der Waals surface area contributed by atoms with Crippen molar-refractivity contribution in [2.45, 2.75) is 57.2 Å².